The summed E-state index contributed by atoms with van der Waals surface area (Å²) in [7, 11) is -1.42. The summed E-state index contributed by atoms with van der Waals surface area (Å²) >= 11 is 0. The molecule has 11 heteroatoms. The van der Waals surface area contributed by atoms with Crippen LogP contribution in [0.1, 0.15) is 39.2 Å². The van der Waals surface area contributed by atoms with Crippen LogP contribution in [-0.2, 0) is 26.2 Å². The van der Waals surface area contributed by atoms with Gasteiger partial charge in [-0.1, -0.05) is 43.7 Å². The van der Waals surface area contributed by atoms with E-state index in [1.807, 2.05) is 44.2 Å². The highest BCUT2D eigenvalue weighted by atomic mass is 32.2. The molecular formula is C32H41N3O7S. The molecule has 0 heterocycles. The number of anilines is 1. The Morgan fingerprint density at radius 3 is 2.19 bits per heavy atom. The van der Waals surface area contributed by atoms with Crippen LogP contribution >= 0.6 is 0 Å². The van der Waals surface area contributed by atoms with Crippen molar-refractivity contribution in [2.45, 2.75) is 51.1 Å². The van der Waals surface area contributed by atoms with Gasteiger partial charge in [-0.15, -0.1) is 0 Å². The van der Waals surface area contributed by atoms with Crippen molar-refractivity contribution in [2.24, 2.45) is 0 Å². The number of hydrogen-bond acceptors (Lipinski definition) is 7. The Bertz CT molecular complexity index is 1450. The number of hydrogen-bond donors (Lipinski definition) is 1. The Balaban J connectivity index is 2.04. The van der Waals surface area contributed by atoms with Gasteiger partial charge in [0.1, 0.15) is 18.3 Å². The number of sulfonamides is 1. The predicted molar refractivity (Wildman–Crippen MR) is 166 cm³/mol. The maximum atomic E-state index is 14.2. The van der Waals surface area contributed by atoms with Crippen LogP contribution in [0.2, 0.25) is 0 Å². The number of nitrogens with zero attached hydrogens (tertiary/aromatic N) is 2. The summed E-state index contributed by atoms with van der Waals surface area (Å²) in [4.78, 5) is 28.4. The van der Waals surface area contributed by atoms with Gasteiger partial charge in [0.05, 0.1) is 31.4 Å². The quantitative estimate of drug-likeness (QED) is 0.235. The minimum atomic E-state index is -4.29. The van der Waals surface area contributed by atoms with E-state index in [1.54, 1.807) is 31.2 Å². The van der Waals surface area contributed by atoms with E-state index in [0.717, 1.165) is 22.7 Å². The summed E-state index contributed by atoms with van der Waals surface area (Å²) in [6, 6.07) is 19.1. The first kappa shape index (κ1) is 33.3. The summed E-state index contributed by atoms with van der Waals surface area (Å²) in [5.41, 5.74) is 1.06. The molecule has 0 bridgehead atoms. The number of amides is 2. The number of ether oxygens (including phenoxy) is 3. The number of carbonyl (C=O) groups is 2. The first-order valence-corrected chi connectivity index (χ1v) is 15.7. The summed E-state index contributed by atoms with van der Waals surface area (Å²) in [5.74, 6) is 0.295. The van der Waals surface area contributed by atoms with Crippen LogP contribution in [0.5, 0.6) is 17.2 Å². The minimum absolute atomic E-state index is 0.0909. The first-order chi connectivity index (χ1) is 20.7. The van der Waals surface area contributed by atoms with Gasteiger partial charge in [-0.2, -0.15) is 0 Å². The van der Waals surface area contributed by atoms with Crippen LogP contribution in [0, 0.1) is 0 Å². The molecular weight excluding hydrogens is 570 g/mol. The molecule has 3 rings (SSSR count). The fraction of sp³-hybridized carbons (Fsp3) is 0.375. The average molecular weight is 612 g/mol. The molecule has 43 heavy (non-hydrogen) atoms. The molecule has 0 aliphatic carbocycles. The lowest BCUT2D eigenvalue weighted by Gasteiger charge is -2.32. The normalized spacial score (nSPS) is 11.7. The molecule has 3 aromatic rings. The lowest BCUT2D eigenvalue weighted by Crippen LogP contribution is -2.51. The van der Waals surface area contributed by atoms with E-state index in [2.05, 4.69) is 5.32 Å². The number of rotatable bonds is 16. The van der Waals surface area contributed by atoms with E-state index in [-0.39, 0.29) is 28.8 Å². The Kier molecular flexibility index (Phi) is 12.2. The SMILES string of the molecule is CCCCNC(=O)[C@@H](C)N(Cc1ccccc1)C(=O)CN(c1ccc(OCC)cc1)S(=O)(=O)c1ccc(OC)c(OC)c1. The predicted octanol–water partition coefficient (Wildman–Crippen LogP) is 4.63. The van der Waals surface area contributed by atoms with Crippen molar-refractivity contribution in [2.75, 3.05) is 38.2 Å². The van der Waals surface area contributed by atoms with Crippen molar-refractivity contribution in [3.8, 4) is 17.2 Å². The molecule has 3 aromatic carbocycles. The van der Waals surface area contributed by atoms with E-state index in [0.29, 0.717) is 24.7 Å². The van der Waals surface area contributed by atoms with Crippen LogP contribution in [0.25, 0.3) is 0 Å². The standard InChI is InChI=1S/C32H41N3O7S/c1-6-8-20-33-32(37)24(3)34(22-25-12-10-9-11-13-25)31(36)23-35(26-14-16-27(17-15-26)42-7-2)43(38,39)28-18-19-29(40-4)30(21-28)41-5/h9-19,21,24H,6-8,20,22-23H2,1-5H3,(H,33,37)/t24-/m1/s1. The fourth-order valence-corrected chi connectivity index (χ4v) is 5.84. The van der Waals surface area contributed by atoms with E-state index in [4.69, 9.17) is 14.2 Å². The maximum Gasteiger partial charge on any atom is 0.264 e. The Morgan fingerprint density at radius 1 is 0.907 bits per heavy atom. The monoisotopic (exact) mass is 611 g/mol. The van der Waals surface area contributed by atoms with Gasteiger partial charge >= 0.3 is 0 Å². The Morgan fingerprint density at radius 2 is 1.58 bits per heavy atom. The second kappa shape index (κ2) is 15.8. The Labute approximate surface area is 254 Å². The number of carbonyl (C=O) groups excluding carboxylic acids is 2. The van der Waals surface area contributed by atoms with Gasteiger partial charge in [0, 0.05) is 19.2 Å². The lowest BCUT2D eigenvalue weighted by atomic mass is 10.1. The van der Waals surface area contributed by atoms with Gasteiger partial charge in [-0.25, -0.2) is 8.42 Å². The van der Waals surface area contributed by atoms with Crippen LogP contribution in [-0.4, -0.2) is 65.1 Å². The summed E-state index contributed by atoms with van der Waals surface area (Å²) in [5, 5.41) is 2.88. The van der Waals surface area contributed by atoms with Crippen LogP contribution in [0.15, 0.2) is 77.7 Å². The molecule has 1 atom stereocenters. The molecule has 0 fully saturated rings. The third-order valence-corrected chi connectivity index (χ3v) is 8.62. The van der Waals surface area contributed by atoms with E-state index >= 15 is 0 Å². The molecule has 0 aliphatic heterocycles. The summed E-state index contributed by atoms with van der Waals surface area (Å²) < 4.78 is 45.5. The van der Waals surface area contributed by atoms with Crippen molar-refractivity contribution in [3.05, 3.63) is 78.4 Å². The molecule has 0 aliphatic rings. The fourth-order valence-electron chi connectivity index (χ4n) is 4.41. The highest BCUT2D eigenvalue weighted by molar-refractivity contribution is 7.92. The second-order valence-corrected chi connectivity index (χ2v) is 11.6. The number of nitrogens with one attached hydrogen (secondary N) is 1. The molecule has 2 amide bonds. The third-order valence-electron chi connectivity index (χ3n) is 6.85. The molecule has 0 spiro atoms. The van der Waals surface area contributed by atoms with Gasteiger partial charge < -0.3 is 24.4 Å². The smallest absolute Gasteiger partial charge is 0.264 e. The topological polar surface area (TPSA) is 114 Å². The highest BCUT2D eigenvalue weighted by Crippen LogP contribution is 2.33. The first-order valence-electron chi connectivity index (χ1n) is 14.2. The van der Waals surface area contributed by atoms with E-state index in [1.165, 1.54) is 37.3 Å². The largest absolute Gasteiger partial charge is 0.494 e. The molecule has 0 saturated heterocycles. The van der Waals surface area contributed by atoms with Crippen molar-refractivity contribution in [1.82, 2.24) is 10.2 Å². The molecule has 0 aromatic heterocycles. The molecule has 1 N–H and O–H groups in total. The zero-order valence-electron chi connectivity index (χ0n) is 25.4. The minimum Gasteiger partial charge on any atom is -0.494 e. The zero-order valence-corrected chi connectivity index (χ0v) is 26.2. The van der Waals surface area contributed by atoms with Crippen LogP contribution in [0.4, 0.5) is 5.69 Å². The van der Waals surface area contributed by atoms with Crippen molar-refractivity contribution < 1.29 is 32.2 Å². The molecule has 0 saturated carbocycles. The lowest BCUT2D eigenvalue weighted by molar-refractivity contribution is -0.139. The van der Waals surface area contributed by atoms with E-state index < -0.39 is 28.5 Å². The molecule has 0 radical (unpaired) electrons. The van der Waals surface area contributed by atoms with Gasteiger partial charge in [0.2, 0.25) is 11.8 Å². The zero-order chi connectivity index (χ0) is 31.4. The average Bonchev–Trinajstić information content (AvgIpc) is 3.02. The van der Waals surface area contributed by atoms with Crippen LogP contribution < -0.4 is 23.8 Å². The number of unbranched alkanes of at least 4 members (excludes halogenated alkanes) is 1. The third kappa shape index (κ3) is 8.63. The number of benzene rings is 3. The van der Waals surface area contributed by atoms with Crippen LogP contribution in [0.3, 0.4) is 0 Å². The molecule has 0 unspecified atom stereocenters. The summed E-state index contributed by atoms with van der Waals surface area (Å²) in [6.45, 7) is 6.01. The van der Waals surface area contributed by atoms with Gasteiger partial charge in [-0.3, -0.25) is 13.9 Å². The molecule has 10 nitrogen and oxygen atoms in total. The van der Waals surface area contributed by atoms with Crippen molar-refractivity contribution in [3.63, 3.8) is 0 Å². The van der Waals surface area contributed by atoms with Crippen molar-refractivity contribution >= 4 is 27.5 Å². The number of methoxy groups -OCH3 is 2. The molecule has 232 valence electrons. The maximum absolute atomic E-state index is 14.2. The summed E-state index contributed by atoms with van der Waals surface area (Å²) in [6.07, 6.45) is 1.71. The van der Waals surface area contributed by atoms with E-state index in [9.17, 15) is 18.0 Å². The second-order valence-electron chi connectivity index (χ2n) is 9.78. The highest BCUT2D eigenvalue weighted by Gasteiger charge is 2.33. The Hall–Kier alpha value is -4.25. The van der Waals surface area contributed by atoms with Gasteiger partial charge in [0.15, 0.2) is 11.5 Å². The van der Waals surface area contributed by atoms with Gasteiger partial charge in [-0.05, 0) is 62.2 Å². The van der Waals surface area contributed by atoms with Crippen molar-refractivity contribution in [1.29, 1.82) is 0 Å². The van der Waals surface area contributed by atoms with Gasteiger partial charge in [0.25, 0.3) is 10.0 Å².